The predicted molar refractivity (Wildman–Crippen MR) is 132 cm³/mol. The summed E-state index contributed by atoms with van der Waals surface area (Å²) in [5.41, 5.74) is 4.94. The van der Waals surface area contributed by atoms with E-state index in [0.29, 0.717) is 16.5 Å². The van der Waals surface area contributed by atoms with Crippen LogP contribution >= 0.6 is 0 Å². The Bertz CT molecular complexity index is 1380. The van der Waals surface area contributed by atoms with E-state index in [2.05, 4.69) is 15.6 Å². The van der Waals surface area contributed by atoms with Crippen molar-refractivity contribution in [3.05, 3.63) is 53.1 Å². The summed E-state index contributed by atoms with van der Waals surface area (Å²) in [6, 6.07) is 1.82. The third-order valence-electron chi connectivity index (χ3n) is 6.29. The molecule has 2 aliphatic heterocycles. The number of aromatic nitrogens is 1. The normalized spacial score (nSPS) is 17.6. The Morgan fingerprint density at radius 3 is 2.67 bits per heavy atom. The van der Waals surface area contributed by atoms with Crippen LogP contribution in [0, 0.1) is 5.82 Å². The molecule has 0 radical (unpaired) electrons. The van der Waals surface area contributed by atoms with Gasteiger partial charge in [0.15, 0.2) is 11.9 Å². The van der Waals surface area contributed by atoms with Crippen molar-refractivity contribution in [1.29, 1.82) is 0 Å². The molecule has 17 heteroatoms. The highest BCUT2D eigenvalue weighted by Gasteiger charge is 2.41. The lowest BCUT2D eigenvalue weighted by Gasteiger charge is -2.33. The second-order valence-electron chi connectivity index (χ2n) is 8.91. The van der Waals surface area contributed by atoms with Crippen LogP contribution < -0.4 is 21.0 Å². The highest BCUT2D eigenvalue weighted by atomic mass is 19.1. The Hall–Kier alpha value is -4.77. The van der Waals surface area contributed by atoms with Gasteiger partial charge in [0.1, 0.15) is 17.2 Å². The molecular weight excluding hydrogens is 534 g/mol. The molecule has 4 rings (SSSR count). The first-order valence-corrected chi connectivity index (χ1v) is 12.0. The molecule has 210 valence electrons. The molecule has 7 N–H and O–H groups in total. The number of benzene rings is 1. The minimum atomic E-state index is -1.89. The number of carboxylic acid groups (broad SMARTS) is 1. The molecule has 0 saturated carbocycles. The lowest BCUT2D eigenvalue weighted by Crippen LogP contribution is -2.60. The fourth-order valence-electron chi connectivity index (χ4n) is 4.33. The van der Waals surface area contributed by atoms with Gasteiger partial charge in [-0.1, -0.05) is 12.1 Å². The highest BCUT2D eigenvalue weighted by molar-refractivity contribution is 6.47. The van der Waals surface area contributed by atoms with E-state index in [1.807, 2.05) is 0 Å². The van der Waals surface area contributed by atoms with Gasteiger partial charge < -0.3 is 41.2 Å². The third kappa shape index (κ3) is 5.64. The van der Waals surface area contributed by atoms with E-state index in [1.54, 1.807) is 0 Å². The van der Waals surface area contributed by atoms with Crippen molar-refractivity contribution in [3.8, 4) is 11.5 Å². The zero-order valence-electron chi connectivity index (χ0n) is 20.7. The molecule has 0 bridgehead atoms. The van der Waals surface area contributed by atoms with E-state index in [1.165, 1.54) is 18.2 Å². The molecule has 40 heavy (non-hydrogen) atoms. The number of urea groups is 1. The third-order valence-corrected chi connectivity index (χ3v) is 6.29. The number of para-hydroxylation sites is 1. The number of rotatable bonds is 7. The molecule has 1 fully saturated rings. The number of hydrogen-bond donors (Lipinski definition) is 6. The molecular formula is C23H24BFN6O9. The van der Waals surface area contributed by atoms with Gasteiger partial charge in [0.05, 0.1) is 17.7 Å². The topological polar surface area (TPSA) is 225 Å². The largest absolute Gasteiger partial charge is 0.547 e. The molecule has 0 spiro atoms. The fraction of sp³-hybridized carbons (Fsp3) is 0.304. The monoisotopic (exact) mass is 558 g/mol. The summed E-state index contributed by atoms with van der Waals surface area (Å²) in [6.07, 6.45) is 0.735. The Kier molecular flexibility index (Phi) is 8.15. The van der Waals surface area contributed by atoms with Crippen molar-refractivity contribution in [1.82, 2.24) is 25.4 Å². The van der Waals surface area contributed by atoms with Crippen LogP contribution in [0.5, 0.6) is 11.5 Å². The number of hydrogen-bond acceptors (Lipinski definition) is 10. The summed E-state index contributed by atoms with van der Waals surface area (Å²) >= 11 is 0. The van der Waals surface area contributed by atoms with Crippen molar-refractivity contribution in [3.63, 3.8) is 0 Å². The molecule has 5 amide bonds. The number of amides is 5. The molecule has 1 saturated heterocycles. The molecule has 15 nitrogen and oxygen atoms in total. The first kappa shape index (κ1) is 28.2. The first-order chi connectivity index (χ1) is 19.0. The molecule has 2 atom stereocenters. The van der Waals surface area contributed by atoms with Crippen LogP contribution in [-0.2, 0) is 20.8 Å². The second-order valence-corrected chi connectivity index (χ2v) is 8.91. The molecule has 0 aliphatic carbocycles. The summed E-state index contributed by atoms with van der Waals surface area (Å²) < 4.78 is 20.1. The van der Waals surface area contributed by atoms with E-state index in [-0.39, 0.29) is 43.9 Å². The number of pyridine rings is 1. The Balaban J connectivity index is 1.57. The number of nitrogens with one attached hydrogen (secondary N) is 2. The van der Waals surface area contributed by atoms with Gasteiger partial charge in [0.2, 0.25) is 5.91 Å². The van der Waals surface area contributed by atoms with Crippen LogP contribution in [0.25, 0.3) is 0 Å². The second kappa shape index (κ2) is 11.5. The zero-order chi connectivity index (χ0) is 29.1. The number of fused-ring (bicyclic) bond motifs is 1. The SMILES string of the molecule is NCCN1CCN(C(=O)NC(C(=O)NC2Cc3cccc(C(=O)O)c3OB2O)c2ncc(O)cc2F)C(=O)C1=O. The maximum absolute atomic E-state index is 14.8. The number of aromatic carboxylic acids is 1. The highest BCUT2D eigenvalue weighted by Crippen LogP contribution is 2.30. The smallest absolute Gasteiger partial charge is 0.534 e. The van der Waals surface area contributed by atoms with Crippen LogP contribution in [0.2, 0.25) is 0 Å². The van der Waals surface area contributed by atoms with E-state index in [0.717, 1.165) is 11.1 Å². The molecule has 2 aliphatic rings. The Morgan fingerprint density at radius 1 is 1.25 bits per heavy atom. The zero-order valence-corrected chi connectivity index (χ0v) is 20.7. The van der Waals surface area contributed by atoms with Gasteiger partial charge in [0.25, 0.3) is 0 Å². The molecule has 1 aromatic carbocycles. The maximum atomic E-state index is 14.8. The van der Waals surface area contributed by atoms with Crippen molar-refractivity contribution < 1.29 is 48.3 Å². The predicted octanol–water partition coefficient (Wildman–Crippen LogP) is -1.86. The number of aromatic hydroxyl groups is 1. The number of carboxylic acids is 1. The van der Waals surface area contributed by atoms with Gasteiger partial charge in [-0.05, 0) is 18.1 Å². The number of piperazine rings is 1. The van der Waals surface area contributed by atoms with Crippen molar-refractivity contribution >= 4 is 36.8 Å². The van der Waals surface area contributed by atoms with Gasteiger partial charge in [-0.15, -0.1) is 0 Å². The van der Waals surface area contributed by atoms with Gasteiger partial charge >= 0.3 is 30.9 Å². The quantitative estimate of drug-likeness (QED) is 0.163. The fourth-order valence-corrected chi connectivity index (χ4v) is 4.33. The van der Waals surface area contributed by atoms with Crippen LogP contribution in [-0.4, -0.2) is 99.0 Å². The Morgan fingerprint density at radius 2 is 2.00 bits per heavy atom. The minimum absolute atomic E-state index is 0.0127. The number of nitrogens with two attached hydrogens (primary N) is 1. The van der Waals surface area contributed by atoms with Crippen molar-refractivity contribution in [2.45, 2.75) is 18.4 Å². The molecule has 2 aromatic rings. The van der Waals surface area contributed by atoms with Gasteiger partial charge in [-0.3, -0.25) is 24.3 Å². The molecule has 3 heterocycles. The molecule has 2 unspecified atom stereocenters. The summed E-state index contributed by atoms with van der Waals surface area (Å²) in [7, 11) is -1.72. The summed E-state index contributed by atoms with van der Waals surface area (Å²) in [5.74, 6) is -7.54. The Labute approximate surface area is 225 Å². The van der Waals surface area contributed by atoms with Crippen LogP contribution in [0.1, 0.15) is 27.7 Å². The summed E-state index contributed by atoms with van der Waals surface area (Å²) in [4.78, 5) is 68.1. The number of imide groups is 1. The number of halogens is 1. The van der Waals surface area contributed by atoms with Gasteiger partial charge in [-0.25, -0.2) is 14.0 Å². The number of carbonyl (C=O) groups is 5. The van der Waals surface area contributed by atoms with E-state index in [9.17, 15) is 43.6 Å². The van der Waals surface area contributed by atoms with E-state index < -0.39 is 66.1 Å². The van der Waals surface area contributed by atoms with Crippen LogP contribution in [0.15, 0.2) is 30.5 Å². The van der Waals surface area contributed by atoms with Crippen LogP contribution in [0.3, 0.4) is 0 Å². The van der Waals surface area contributed by atoms with Gasteiger partial charge in [-0.2, -0.15) is 0 Å². The van der Waals surface area contributed by atoms with Gasteiger partial charge in [0, 0.05) is 32.2 Å². The first-order valence-electron chi connectivity index (χ1n) is 12.0. The molecule has 1 aromatic heterocycles. The van der Waals surface area contributed by atoms with Crippen LogP contribution in [0.4, 0.5) is 9.18 Å². The average Bonchev–Trinajstić information content (AvgIpc) is 2.90. The summed E-state index contributed by atoms with van der Waals surface area (Å²) in [6.45, 7) is -0.0516. The van der Waals surface area contributed by atoms with E-state index >= 15 is 0 Å². The number of carbonyl (C=O) groups excluding carboxylic acids is 4. The minimum Gasteiger partial charge on any atom is -0.534 e. The standard InChI is InChI=1S/C23H24BFN6O9/c25-14-9-12(32)10-27-16(14)17(29-23(38)31-7-6-30(5-4-26)20(34)21(31)35)19(33)28-15-8-11-2-1-3-13(22(36)37)18(11)40-24(15)39/h1-3,9-10,15,17,32,39H,4-8,26H2,(H,28,33)(H,29,38)(H,36,37). The summed E-state index contributed by atoms with van der Waals surface area (Å²) in [5, 5.41) is 34.0. The van der Waals surface area contributed by atoms with Crippen molar-refractivity contribution in [2.24, 2.45) is 5.73 Å². The van der Waals surface area contributed by atoms with Crippen molar-refractivity contribution in [2.75, 3.05) is 26.2 Å². The lowest BCUT2D eigenvalue weighted by atomic mass is 9.72. The average molecular weight is 558 g/mol. The van der Waals surface area contributed by atoms with E-state index in [4.69, 9.17) is 10.4 Å². The number of nitrogens with zero attached hydrogens (tertiary/aromatic N) is 3. The maximum Gasteiger partial charge on any atom is 0.547 e. The lowest BCUT2D eigenvalue weighted by molar-refractivity contribution is -0.153.